The van der Waals surface area contributed by atoms with E-state index in [1.165, 1.54) is 0 Å². The number of benzene rings is 2. The van der Waals surface area contributed by atoms with Crippen LogP contribution in [0.1, 0.15) is 31.8 Å². The first-order valence-electron chi connectivity index (χ1n) is 8.57. The van der Waals surface area contributed by atoms with E-state index in [0.717, 1.165) is 14.2 Å². The van der Waals surface area contributed by atoms with E-state index in [2.05, 4.69) is 4.74 Å². The van der Waals surface area contributed by atoms with Crippen molar-refractivity contribution in [3.8, 4) is 11.1 Å². The van der Waals surface area contributed by atoms with Crippen LogP contribution in [-0.4, -0.2) is 80.0 Å². The standard InChI is InChI=1S/C18H17O10S2.Na/c1-9-6-5-7-10(2)13(9)14-11(17(19)27-3)8-12(18(20)28-4)15(29(21,22)23)16(14)30(24,25)26;/h5-7H,1-4H3,(H,21,22,23)(H,24,25,26);. The first kappa shape index (κ1) is 25.5. The number of hydrogen-bond acceptors (Lipinski definition) is 8. The van der Waals surface area contributed by atoms with E-state index >= 15 is 0 Å². The van der Waals surface area contributed by atoms with Gasteiger partial charge in [0.05, 0.1) is 0 Å². The Morgan fingerprint density at radius 3 is 1.61 bits per heavy atom. The quantitative estimate of drug-likeness (QED) is 0.356. The number of rotatable bonds is 5. The zero-order chi connectivity index (χ0) is 23.9. The molecule has 0 saturated heterocycles. The first-order chi connectivity index (χ1) is 14.2. The summed E-state index contributed by atoms with van der Waals surface area (Å²) in [5.74, 6) is -2.39. The number of ether oxygens (including phenoxy) is 2. The van der Waals surface area contributed by atoms with Crippen molar-refractivity contribution < 1.29 is 45.0 Å². The molecule has 0 fully saturated rings. The van der Waals surface area contributed by atoms with Gasteiger partial charge in [0.15, 0.2) is 0 Å². The van der Waals surface area contributed by atoms with E-state index in [1.54, 1.807) is 32.0 Å². The van der Waals surface area contributed by atoms with Gasteiger partial charge in [0.25, 0.3) is 0 Å². The third-order valence-corrected chi connectivity index (χ3v) is 7.66. The van der Waals surface area contributed by atoms with Crippen molar-refractivity contribution in [3.05, 3.63) is 40.5 Å². The summed E-state index contributed by atoms with van der Waals surface area (Å²) in [6, 6.07) is 4.80. The number of aryl methyl sites for hydroxylation is 2. The third-order valence-electron chi connectivity index (χ3n) is 4.69. The van der Waals surface area contributed by atoms with Crippen LogP contribution in [0, 0.1) is 13.8 Å². The number of carbonyl (C=O) groups is 2. The Morgan fingerprint density at radius 1 is 0.806 bits per heavy atom. The molecule has 0 aliphatic carbocycles. The van der Waals surface area contributed by atoms with Crippen LogP contribution in [0.4, 0.5) is 0 Å². The molecule has 0 aliphatic rings. The third kappa shape index (κ3) is 4.70. The molecule has 0 bridgehead atoms. The van der Waals surface area contributed by atoms with E-state index < -0.39 is 58.7 Å². The second-order valence-corrected chi connectivity index (χ2v) is 10.3. The molecule has 2 N–H and O–H groups in total. The molecule has 0 aliphatic heterocycles. The van der Waals surface area contributed by atoms with Crippen molar-refractivity contribution in [2.45, 2.75) is 23.6 Å². The summed E-state index contributed by atoms with van der Waals surface area (Å²) in [7, 11) is -8.90. The average molecular weight is 480 g/mol. The molecule has 0 saturated carbocycles. The van der Waals surface area contributed by atoms with Gasteiger partial charge in [-0.1, -0.05) is 0 Å². The van der Waals surface area contributed by atoms with Crippen LogP contribution in [0.3, 0.4) is 0 Å². The van der Waals surface area contributed by atoms with Crippen molar-refractivity contribution in [1.29, 1.82) is 0 Å². The average Bonchev–Trinajstić information content (AvgIpc) is 2.64. The summed E-state index contributed by atoms with van der Waals surface area (Å²) in [4.78, 5) is 22.5. The summed E-state index contributed by atoms with van der Waals surface area (Å²) >= 11 is -0.159. The summed E-state index contributed by atoms with van der Waals surface area (Å²) in [5, 5.41) is 0. The predicted octanol–water partition coefficient (Wildman–Crippen LogP) is 0.831. The van der Waals surface area contributed by atoms with Crippen LogP contribution in [0.2, 0.25) is 0 Å². The molecule has 2 rings (SSSR count). The first-order valence-corrected chi connectivity index (χ1v) is 12.4. The van der Waals surface area contributed by atoms with Crippen LogP contribution in [0.15, 0.2) is 28.0 Å². The molecule has 0 atom stereocenters. The van der Waals surface area contributed by atoms with E-state index in [4.69, 9.17) is 4.74 Å². The minimum atomic E-state index is -5.41. The molecule has 2 aromatic rings. The molecule has 13 heteroatoms. The Kier molecular flexibility index (Phi) is 7.38. The Bertz CT molecular complexity index is 1290. The van der Waals surface area contributed by atoms with E-state index in [-0.39, 0.29) is 36.3 Å². The molecule has 2 aromatic carbocycles. The Hall–Kier alpha value is -1.80. The molecule has 0 amide bonds. The second-order valence-electron chi connectivity index (χ2n) is 6.61. The van der Waals surface area contributed by atoms with Gasteiger partial charge in [0.2, 0.25) is 0 Å². The van der Waals surface area contributed by atoms with Crippen LogP contribution in [-0.2, 0) is 29.7 Å². The van der Waals surface area contributed by atoms with Crippen LogP contribution < -0.4 is 2.81 Å². The summed E-state index contributed by atoms with van der Waals surface area (Å²) in [6.07, 6.45) is 0. The maximum absolute atomic E-state index is 12.7. The van der Waals surface area contributed by atoms with Gasteiger partial charge in [0.1, 0.15) is 0 Å². The van der Waals surface area contributed by atoms with Crippen molar-refractivity contribution in [3.63, 3.8) is 0 Å². The number of hydrogen-bond donors (Lipinski definition) is 2. The monoisotopic (exact) mass is 480 g/mol. The topological polar surface area (TPSA) is 161 Å². The van der Waals surface area contributed by atoms with Crippen LogP contribution in [0.25, 0.3) is 11.1 Å². The van der Waals surface area contributed by atoms with Crippen molar-refractivity contribution >= 4 is 62.9 Å². The molecule has 0 aromatic heterocycles. The van der Waals surface area contributed by atoms with Crippen molar-refractivity contribution in [2.75, 3.05) is 14.2 Å². The molecule has 0 heterocycles. The van der Waals surface area contributed by atoms with Gasteiger partial charge >= 0.3 is 197 Å². The van der Waals surface area contributed by atoms with Gasteiger partial charge in [-0.15, -0.1) is 0 Å². The molecular weight excluding hydrogens is 463 g/mol. The van der Waals surface area contributed by atoms with Crippen molar-refractivity contribution in [2.24, 2.45) is 0 Å². The van der Waals surface area contributed by atoms with E-state index in [1.807, 2.05) is 0 Å². The zero-order valence-electron chi connectivity index (χ0n) is 17.2. The molecule has 0 spiro atoms. The number of methoxy groups -OCH3 is 2. The summed E-state index contributed by atoms with van der Waals surface area (Å²) in [5.41, 5.74) is -0.790. The van der Waals surface area contributed by atoms with Gasteiger partial charge in [-0.25, -0.2) is 0 Å². The van der Waals surface area contributed by atoms with Gasteiger partial charge < -0.3 is 0 Å². The van der Waals surface area contributed by atoms with E-state index in [0.29, 0.717) is 11.1 Å². The Labute approximate surface area is 196 Å². The summed E-state index contributed by atoms with van der Waals surface area (Å²) in [6.45, 7) is 3.15. The normalized spacial score (nSPS) is 11.9. The SMILES string of the molecule is COC(=O)c1[c]([Na])c(C(=O)OC)c(S(=O)(=O)O)c(S(=O)(=O)O)c1-c1c(C)cccc1C. The Balaban J connectivity index is 3.49. The van der Waals surface area contributed by atoms with Crippen LogP contribution >= 0.6 is 0 Å². The van der Waals surface area contributed by atoms with Gasteiger partial charge in [-0.05, 0) is 0 Å². The van der Waals surface area contributed by atoms with Crippen LogP contribution in [0.5, 0.6) is 0 Å². The number of carbonyl (C=O) groups excluding carboxylic acids is 2. The molecule has 0 radical (unpaired) electrons. The fourth-order valence-electron chi connectivity index (χ4n) is 3.47. The molecule has 162 valence electrons. The van der Waals surface area contributed by atoms with Gasteiger partial charge in [-0.3, -0.25) is 0 Å². The maximum atomic E-state index is 12.7. The Morgan fingerprint density at radius 2 is 1.23 bits per heavy atom. The zero-order valence-corrected chi connectivity index (χ0v) is 20.8. The fourth-order valence-corrected chi connectivity index (χ4v) is 6.82. The number of esters is 2. The van der Waals surface area contributed by atoms with Gasteiger partial charge in [-0.2, -0.15) is 0 Å². The minimum absolute atomic E-state index is 0.119. The van der Waals surface area contributed by atoms with E-state index in [9.17, 15) is 35.5 Å². The molecular formula is C18H17NaO10S2. The summed E-state index contributed by atoms with van der Waals surface area (Å²) < 4.78 is 78.4. The van der Waals surface area contributed by atoms with Crippen molar-refractivity contribution in [1.82, 2.24) is 0 Å². The fraction of sp³-hybridized carbons (Fsp3) is 0.222. The molecule has 10 nitrogen and oxygen atoms in total. The van der Waals surface area contributed by atoms with Gasteiger partial charge in [0, 0.05) is 0 Å². The second kappa shape index (κ2) is 8.98. The predicted molar refractivity (Wildman–Crippen MR) is 109 cm³/mol. The molecule has 31 heavy (non-hydrogen) atoms. The molecule has 0 unspecified atom stereocenters.